The maximum absolute atomic E-state index is 11.0. The molecule has 1 amide bonds. The fourth-order valence-electron chi connectivity index (χ4n) is 1.63. The Morgan fingerprint density at radius 1 is 1.27 bits per heavy atom. The minimum atomic E-state index is -0.255. The van der Waals surface area contributed by atoms with Crippen LogP contribution in [0.5, 0.6) is 0 Å². The van der Waals surface area contributed by atoms with Crippen molar-refractivity contribution in [3.05, 3.63) is 0 Å². The molecule has 0 spiro atoms. The van der Waals surface area contributed by atoms with Crippen molar-refractivity contribution >= 4 is 11.7 Å². The van der Waals surface area contributed by atoms with Crippen LogP contribution >= 0.6 is 0 Å². The van der Waals surface area contributed by atoms with Crippen LogP contribution in [0.1, 0.15) is 12.8 Å². The maximum Gasteiger partial charge on any atom is 0.237 e. The topological polar surface area (TPSA) is 58.2 Å². The highest BCUT2D eigenvalue weighted by molar-refractivity contribution is 5.92. The zero-order valence-corrected chi connectivity index (χ0v) is 6.09. The summed E-state index contributed by atoms with van der Waals surface area (Å²) in [6.45, 7) is 0.598. The molecule has 2 rings (SSSR count). The number of ketones is 1. The molecule has 4 heteroatoms. The van der Waals surface area contributed by atoms with E-state index < -0.39 is 0 Å². The lowest BCUT2D eigenvalue weighted by atomic mass is 9.94. The number of nitrogens with one attached hydrogen (secondary N) is 2. The van der Waals surface area contributed by atoms with Gasteiger partial charge in [0.15, 0.2) is 0 Å². The molecule has 60 valence electrons. The number of carbonyl (C=O) groups excluding carboxylic acids is 2. The second-order valence-corrected chi connectivity index (χ2v) is 3.11. The van der Waals surface area contributed by atoms with E-state index in [1.54, 1.807) is 0 Å². The summed E-state index contributed by atoms with van der Waals surface area (Å²) in [5, 5.41) is 5.85. The van der Waals surface area contributed by atoms with E-state index >= 15 is 0 Å². The molecule has 0 aromatic heterocycles. The highest BCUT2D eigenvalue weighted by Crippen LogP contribution is 2.12. The van der Waals surface area contributed by atoms with Crippen LogP contribution in [-0.4, -0.2) is 30.3 Å². The third-order valence-electron chi connectivity index (χ3n) is 2.18. The monoisotopic (exact) mass is 154 g/mol. The molecule has 2 heterocycles. The molecule has 2 unspecified atom stereocenters. The molecule has 2 bridgehead atoms. The lowest BCUT2D eigenvalue weighted by Crippen LogP contribution is -2.62. The van der Waals surface area contributed by atoms with Crippen molar-refractivity contribution in [3.8, 4) is 0 Å². The van der Waals surface area contributed by atoms with Gasteiger partial charge in [0.2, 0.25) is 5.91 Å². The van der Waals surface area contributed by atoms with Gasteiger partial charge >= 0.3 is 0 Å². The summed E-state index contributed by atoms with van der Waals surface area (Å²) in [4.78, 5) is 22.0. The Morgan fingerprint density at radius 2 is 2.09 bits per heavy atom. The van der Waals surface area contributed by atoms with Gasteiger partial charge in [-0.25, -0.2) is 0 Å². The number of hydrogen-bond donors (Lipinski definition) is 2. The summed E-state index contributed by atoms with van der Waals surface area (Å²) in [5.74, 6) is 0.169. The van der Waals surface area contributed by atoms with E-state index in [1.165, 1.54) is 0 Å². The van der Waals surface area contributed by atoms with E-state index in [9.17, 15) is 9.59 Å². The predicted octanol–water partition coefficient (Wildman–Crippen LogP) is -1.19. The first-order valence-corrected chi connectivity index (χ1v) is 3.81. The first-order valence-electron chi connectivity index (χ1n) is 3.81. The highest BCUT2D eigenvalue weighted by Gasteiger charge is 2.34. The Labute approximate surface area is 64.3 Å². The van der Waals surface area contributed by atoms with E-state index in [2.05, 4.69) is 10.6 Å². The van der Waals surface area contributed by atoms with Crippen LogP contribution in [0.15, 0.2) is 0 Å². The summed E-state index contributed by atoms with van der Waals surface area (Å²) in [6.07, 6.45) is 0.930. The molecular weight excluding hydrogens is 144 g/mol. The summed E-state index contributed by atoms with van der Waals surface area (Å²) < 4.78 is 0. The number of carbonyl (C=O) groups is 2. The van der Waals surface area contributed by atoms with Gasteiger partial charge in [-0.15, -0.1) is 0 Å². The first-order chi connectivity index (χ1) is 5.25. The minimum absolute atomic E-state index is 0.0331. The number of amides is 1. The van der Waals surface area contributed by atoms with Crippen LogP contribution in [0.25, 0.3) is 0 Å². The van der Waals surface area contributed by atoms with Gasteiger partial charge in [-0.2, -0.15) is 0 Å². The van der Waals surface area contributed by atoms with E-state index in [4.69, 9.17) is 0 Å². The lowest BCUT2D eigenvalue weighted by Gasteiger charge is -2.34. The van der Waals surface area contributed by atoms with Crippen LogP contribution in [0.2, 0.25) is 0 Å². The molecule has 0 aromatic rings. The van der Waals surface area contributed by atoms with Crippen molar-refractivity contribution in [2.24, 2.45) is 0 Å². The fraction of sp³-hybridized carbons (Fsp3) is 0.714. The Hall–Kier alpha value is -0.900. The Bertz CT molecular complexity index is 214. The molecule has 2 fully saturated rings. The van der Waals surface area contributed by atoms with Crippen LogP contribution in [-0.2, 0) is 9.59 Å². The largest absolute Gasteiger partial charge is 0.353 e. The van der Waals surface area contributed by atoms with Gasteiger partial charge in [0, 0.05) is 25.4 Å². The van der Waals surface area contributed by atoms with Gasteiger partial charge in [0.25, 0.3) is 0 Å². The SMILES string of the molecule is O=C1CC2CNC(=O)C(C1)N2. The van der Waals surface area contributed by atoms with Gasteiger partial charge in [0.05, 0.1) is 6.04 Å². The van der Waals surface area contributed by atoms with E-state index in [0.29, 0.717) is 19.4 Å². The van der Waals surface area contributed by atoms with Gasteiger partial charge < -0.3 is 10.6 Å². The predicted molar refractivity (Wildman–Crippen MR) is 38.0 cm³/mol. The van der Waals surface area contributed by atoms with Gasteiger partial charge in [-0.1, -0.05) is 0 Å². The number of piperidine rings is 1. The molecular formula is C7H10N2O2. The van der Waals surface area contributed by atoms with Gasteiger partial charge in [0.1, 0.15) is 5.78 Å². The zero-order chi connectivity index (χ0) is 7.84. The first kappa shape index (κ1) is 6.79. The molecule has 0 saturated carbocycles. The number of fused-ring (bicyclic) bond motifs is 2. The zero-order valence-electron chi connectivity index (χ0n) is 6.09. The van der Waals surface area contributed by atoms with Gasteiger partial charge in [-0.05, 0) is 0 Å². The molecule has 4 nitrogen and oxygen atoms in total. The quantitative estimate of drug-likeness (QED) is 0.461. The molecule has 0 radical (unpaired) electrons. The molecule has 2 saturated heterocycles. The van der Waals surface area contributed by atoms with Crippen molar-refractivity contribution in [1.29, 1.82) is 0 Å². The maximum atomic E-state index is 11.0. The Kier molecular flexibility index (Phi) is 1.42. The van der Waals surface area contributed by atoms with Crippen LogP contribution in [0.3, 0.4) is 0 Å². The minimum Gasteiger partial charge on any atom is -0.353 e. The molecule has 2 aliphatic rings. The van der Waals surface area contributed by atoms with Crippen molar-refractivity contribution in [3.63, 3.8) is 0 Å². The molecule has 0 aliphatic carbocycles. The molecule has 2 atom stereocenters. The second-order valence-electron chi connectivity index (χ2n) is 3.11. The third-order valence-corrected chi connectivity index (χ3v) is 2.18. The average molecular weight is 154 g/mol. The standard InChI is InChI=1S/C7H10N2O2/c10-5-1-4-3-8-7(11)6(2-5)9-4/h4,6,9H,1-3H2,(H,8,11). The number of piperazine rings is 1. The average Bonchev–Trinajstić information content (AvgIpc) is 1.97. The summed E-state index contributed by atoms with van der Waals surface area (Å²) >= 11 is 0. The molecule has 0 aromatic carbocycles. The normalized spacial score (nSPS) is 36.7. The lowest BCUT2D eigenvalue weighted by molar-refractivity contribution is -0.132. The van der Waals surface area contributed by atoms with E-state index in [-0.39, 0.29) is 23.8 Å². The number of hydrogen-bond acceptors (Lipinski definition) is 3. The van der Waals surface area contributed by atoms with Crippen molar-refractivity contribution in [2.75, 3.05) is 6.54 Å². The smallest absolute Gasteiger partial charge is 0.237 e. The summed E-state index contributed by atoms with van der Waals surface area (Å²) in [5.41, 5.74) is 0. The van der Waals surface area contributed by atoms with E-state index in [0.717, 1.165) is 0 Å². The van der Waals surface area contributed by atoms with Crippen molar-refractivity contribution in [1.82, 2.24) is 10.6 Å². The Morgan fingerprint density at radius 3 is 2.91 bits per heavy atom. The fourth-order valence-corrected chi connectivity index (χ4v) is 1.63. The summed E-state index contributed by atoms with van der Waals surface area (Å²) in [7, 11) is 0. The number of rotatable bonds is 0. The molecule has 2 aliphatic heterocycles. The van der Waals surface area contributed by atoms with Crippen LogP contribution < -0.4 is 10.6 Å². The second kappa shape index (κ2) is 2.30. The molecule has 2 N–H and O–H groups in total. The number of Topliss-reactive ketones (excluding diaryl/α,β-unsaturated/α-hetero) is 1. The third kappa shape index (κ3) is 1.14. The van der Waals surface area contributed by atoms with Crippen molar-refractivity contribution in [2.45, 2.75) is 24.9 Å². The van der Waals surface area contributed by atoms with Gasteiger partial charge in [-0.3, -0.25) is 9.59 Å². The highest BCUT2D eigenvalue weighted by atomic mass is 16.2. The van der Waals surface area contributed by atoms with E-state index in [1.807, 2.05) is 0 Å². The van der Waals surface area contributed by atoms with Crippen molar-refractivity contribution < 1.29 is 9.59 Å². The summed E-state index contributed by atoms with van der Waals surface area (Å²) in [6, 6.07) is -0.0750. The molecule has 11 heavy (non-hydrogen) atoms. The van der Waals surface area contributed by atoms with Crippen LogP contribution in [0.4, 0.5) is 0 Å². The Balaban J connectivity index is 2.14. The van der Waals surface area contributed by atoms with Crippen LogP contribution in [0, 0.1) is 0 Å².